The fourth-order valence-corrected chi connectivity index (χ4v) is 1.68. The third kappa shape index (κ3) is 4.02. The molecule has 0 unspecified atom stereocenters. The Morgan fingerprint density at radius 1 is 0.950 bits per heavy atom. The molecule has 20 heavy (non-hydrogen) atoms. The highest BCUT2D eigenvalue weighted by Gasteiger charge is 1.99. The molecule has 2 nitrogen and oxygen atoms in total. The molecule has 0 aliphatic rings. The van der Waals surface area contributed by atoms with E-state index in [0.717, 1.165) is 11.6 Å². The summed E-state index contributed by atoms with van der Waals surface area (Å²) in [5, 5.41) is 0. The van der Waals surface area contributed by atoms with Crippen molar-refractivity contribution in [3.05, 3.63) is 65.2 Å². The minimum Gasteiger partial charge on any atom is -0.427 e. The molecule has 0 amide bonds. The normalized spacial score (nSPS) is 10.8. The fourth-order valence-electron chi connectivity index (χ4n) is 1.68. The van der Waals surface area contributed by atoms with Gasteiger partial charge < -0.3 is 4.74 Å². The van der Waals surface area contributed by atoms with E-state index in [9.17, 15) is 13.6 Å². The Kier molecular flexibility index (Phi) is 4.25. The highest BCUT2D eigenvalue weighted by Crippen LogP contribution is 2.15. The van der Waals surface area contributed by atoms with Gasteiger partial charge >= 0.3 is 5.97 Å². The fraction of sp³-hybridized carbons (Fsp3) is 0.0625. The van der Waals surface area contributed by atoms with Crippen LogP contribution in [0.4, 0.5) is 8.78 Å². The van der Waals surface area contributed by atoms with Crippen LogP contribution >= 0.6 is 0 Å². The van der Waals surface area contributed by atoms with Gasteiger partial charge in [-0.05, 0) is 35.4 Å². The molecule has 0 aliphatic carbocycles. The molecule has 0 N–H and O–H groups in total. The number of rotatable bonds is 3. The first-order valence-electron chi connectivity index (χ1n) is 5.95. The minimum atomic E-state index is -0.616. The number of carbonyl (C=O) groups is 1. The van der Waals surface area contributed by atoms with Crippen LogP contribution in [-0.4, -0.2) is 5.97 Å². The van der Waals surface area contributed by atoms with Crippen molar-refractivity contribution in [2.24, 2.45) is 0 Å². The van der Waals surface area contributed by atoms with Crippen LogP contribution < -0.4 is 4.74 Å². The molecular formula is C16H12F2O2. The Morgan fingerprint density at radius 2 is 1.50 bits per heavy atom. The van der Waals surface area contributed by atoms with E-state index in [0.29, 0.717) is 11.3 Å². The molecule has 102 valence electrons. The maximum absolute atomic E-state index is 13.0. The van der Waals surface area contributed by atoms with Crippen molar-refractivity contribution in [2.45, 2.75) is 6.92 Å². The van der Waals surface area contributed by atoms with Crippen LogP contribution in [0.2, 0.25) is 0 Å². The Hall–Kier alpha value is -2.49. The van der Waals surface area contributed by atoms with Crippen LogP contribution in [0.5, 0.6) is 5.75 Å². The van der Waals surface area contributed by atoms with Crippen LogP contribution in [0.3, 0.4) is 0 Å². The molecule has 0 saturated heterocycles. The number of esters is 1. The first-order chi connectivity index (χ1) is 9.52. The molecule has 0 heterocycles. The van der Waals surface area contributed by atoms with Gasteiger partial charge in [0.1, 0.15) is 17.4 Å². The summed E-state index contributed by atoms with van der Waals surface area (Å²) in [5.41, 5.74) is 1.26. The smallest absolute Gasteiger partial charge is 0.308 e. The van der Waals surface area contributed by atoms with Gasteiger partial charge in [-0.25, -0.2) is 8.78 Å². The summed E-state index contributed by atoms with van der Waals surface area (Å²) < 4.78 is 30.9. The molecule has 0 saturated carbocycles. The van der Waals surface area contributed by atoms with Crippen molar-refractivity contribution in [1.82, 2.24) is 0 Å². The highest BCUT2D eigenvalue weighted by atomic mass is 19.1. The van der Waals surface area contributed by atoms with Crippen LogP contribution in [0.15, 0.2) is 42.5 Å². The molecular weight excluding hydrogens is 262 g/mol. The van der Waals surface area contributed by atoms with Gasteiger partial charge in [0, 0.05) is 13.0 Å². The first-order valence-corrected chi connectivity index (χ1v) is 5.95. The van der Waals surface area contributed by atoms with Crippen LogP contribution in [-0.2, 0) is 4.79 Å². The molecule has 0 spiro atoms. The average Bonchev–Trinajstić information content (AvgIpc) is 2.36. The summed E-state index contributed by atoms with van der Waals surface area (Å²) in [6.45, 7) is 1.33. The molecule has 0 bridgehead atoms. The molecule has 0 aromatic heterocycles. The molecule has 0 aliphatic heterocycles. The summed E-state index contributed by atoms with van der Waals surface area (Å²) >= 11 is 0. The predicted octanol–water partition coefficient (Wildman–Crippen LogP) is 4.06. The number of carbonyl (C=O) groups excluding carboxylic acids is 1. The summed E-state index contributed by atoms with van der Waals surface area (Å²) in [6.07, 6.45) is 3.32. The van der Waals surface area contributed by atoms with Gasteiger partial charge in [-0.2, -0.15) is 0 Å². The average molecular weight is 274 g/mol. The summed E-state index contributed by atoms with van der Waals surface area (Å²) in [5.74, 6) is -1.17. The lowest BCUT2D eigenvalue weighted by molar-refractivity contribution is -0.131. The second-order valence-corrected chi connectivity index (χ2v) is 4.20. The third-order valence-electron chi connectivity index (χ3n) is 2.49. The molecule has 0 atom stereocenters. The van der Waals surface area contributed by atoms with E-state index in [1.54, 1.807) is 36.4 Å². The van der Waals surface area contributed by atoms with Crippen LogP contribution in [0, 0.1) is 11.6 Å². The van der Waals surface area contributed by atoms with Gasteiger partial charge in [0.15, 0.2) is 0 Å². The SMILES string of the molecule is CC(=O)Oc1ccc(/C=C/c2cc(F)cc(F)c2)cc1. The monoisotopic (exact) mass is 274 g/mol. The Balaban J connectivity index is 2.12. The molecule has 0 fully saturated rings. The van der Waals surface area contributed by atoms with Crippen LogP contribution in [0.1, 0.15) is 18.1 Å². The second-order valence-electron chi connectivity index (χ2n) is 4.20. The second kappa shape index (κ2) is 6.10. The van der Waals surface area contributed by atoms with E-state index in [4.69, 9.17) is 4.74 Å². The zero-order chi connectivity index (χ0) is 14.5. The van der Waals surface area contributed by atoms with Crippen molar-refractivity contribution in [3.8, 4) is 5.75 Å². The van der Waals surface area contributed by atoms with Gasteiger partial charge in [-0.1, -0.05) is 24.3 Å². The maximum Gasteiger partial charge on any atom is 0.308 e. The van der Waals surface area contributed by atoms with E-state index < -0.39 is 11.6 Å². The van der Waals surface area contributed by atoms with Crippen molar-refractivity contribution in [2.75, 3.05) is 0 Å². The lowest BCUT2D eigenvalue weighted by atomic mass is 10.1. The Bertz CT molecular complexity index is 626. The Labute approximate surface area is 115 Å². The lowest BCUT2D eigenvalue weighted by Gasteiger charge is -2.01. The van der Waals surface area contributed by atoms with E-state index >= 15 is 0 Å². The summed E-state index contributed by atoms with van der Waals surface area (Å²) in [4.78, 5) is 10.8. The third-order valence-corrected chi connectivity index (χ3v) is 2.49. The first kappa shape index (κ1) is 13.9. The van der Waals surface area contributed by atoms with Gasteiger partial charge in [0.25, 0.3) is 0 Å². The zero-order valence-corrected chi connectivity index (χ0v) is 10.8. The molecule has 2 aromatic rings. The zero-order valence-electron chi connectivity index (χ0n) is 10.8. The minimum absolute atomic E-state index is 0.386. The van der Waals surface area contributed by atoms with E-state index in [-0.39, 0.29) is 5.97 Å². The number of ether oxygens (including phenoxy) is 1. The molecule has 2 aromatic carbocycles. The molecule has 0 radical (unpaired) electrons. The van der Waals surface area contributed by atoms with E-state index in [1.165, 1.54) is 19.1 Å². The van der Waals surface area contributed by atoms with Crippen molar-refractivity contribution < 1.29 is 18.3 Å². The van der Waals surface area contributed by atoms with Crippen molar-refractivity contribution in [1.29, 1.82) is 0 Å². The highest BCUT2D eigenvalue weighted by molar-refractivity contribution is 5.71. The van der Waals surface area contributed by atoms with Gasteiger partial charge in [-0.3, -0.25) is 4.79 Å². The number of halogens is 2. The molecule has 2 rings (SSSR count). The Morgan fingerprint density at radius 3 is 2.05 bits per heavy atom. The quantitative estimate of drug-likeness (QED) is 0.479. The number of hydrogen-bond acceptors (Lipinski definition) is 2. The van der Waals surface area contributed by atoms with E-state index in [2.05, 4.69) is 0 Å². The summed E-state index contributed by atoms with van der Waals surface area (Å²) in [6, 6.07) is 10.1. The topological polar surface area (TPSA) is 26.3 Å². The summed E-state index contributed by atoms with van der Waals surface area (Å²) in [7, 11) is 0. The van der Waals surface area contributed by atoms with Crippen LogP contribution in [0.25, 0.3) is 12.2 Å². The van der Waals surface area contributed by atoms with Crippen molar-refractivity contribution >= 4 is 18.1 Å². The maximum atomic E-state index is 13.0. The van der Waals surface area contributed by atoms with Gasteiger partial charge in [0.05, 0.1) is 0 Å². The number of hydrogen-bond donors (Lipinski definition) is 0. The van der Waals surface area contributed by atoms with Gasteiger partial charge in [-0.15, -0.1) is 0 Å². The molecule has 4 heteroatoms. The van der Waals surface area contributed by atoms with E-state index in [1.807, 2.05) is 0 Å². The van der Waals surface area contributed by atoms with Gasteiger partial charge in [0.2, 0.25) is 0 Å². The van der Waals surface area contributed by atoms with Crippen molar-refractivity contribution in [3.63, 3.8) is 0 Å². The lowest BCUT2D eigenvalue weighted by Crippen LogP contribution is -2.00. The standard InChI is InChI=1S/C16H12F2O2/c1-11(19)20-16-6-4-12(5-7-16)2-3-13-8-14(17)10-15(18)9-13/h2-10H,1H3/b3-2+. The number of benzene rings is 2. The largest absolute Gasteiger partial charge is 0.427 e. The predicted molar refractivity (Wildman–Crippen MR) is 73.0 cm³/mol.